The Morgan fingerprint density at radius 3 is 2.79 bits per heavy atom. The van der Waals surface area contributed by atoms with Crippen LogP contribution in [0.5, 0.6) is 5.88 Å². The Kier molecular flexibility index (Phi) is 4.70. The molecule has 0 amide bonds. The number of halogens is 1. The lowest BCUT2D eigenvalue weighted by Gasteiger charge is -2.28. The van der Waals surface area contributed by atoms with E-state index >= 15 is 0 Å². The highest BCUT2D eigenvalue weighted by Gasteiger charge is 2.30. The third-order valence-electron chi connectivity index (χ3n) is 5.39. The van der Waals surface area contributed by atoms with Crippen LogP contribution in [0, 0.1) is 0 Å². The van der Waals surface area contributed by atoms with Gasteiger partial charge in [-0.05, 0) is 43.9 Å². The van der Waals surface area contributed by atoms with Gasteiger partial charge in [-0.2, -0.15) is 0 Å². The van der Waals surface area contributed by atoms with Crippen molar-refractivity contribution in [1.82, 2.24) is 24.7 Å². The zero-order valence-electron chi connectivity index (χ0n) is 15.3. The van der Waals surface area contributed by atoms with E-state index in [2.05, 4.69) is 24.7 Å². The highest BCUT2D eigenvalue weighted by atomic mass is 35.5. The van der Waals surface area contributed by atoms with Crippen LogP contribution >= 0.6 is 11.6 Å². The summed E-state index contributed by atoms with van der Waals surface area (Å²) in [7, 11) is 0. The summed E-state index contributed by atoms with van der Waals surface area (Å²) in [5.41, 5.74) is 2.13. The van der Waals surface area contributed by atoms with Gasteiger partial charge in [0.15, 0.2) is 5.82 Å². The fourth-order valence-electron chi connectivity index (χ4n) is 4.05. The van der Waals surface area contributed by atoms with Gasteiger partial charge in [0.1, 0.15) is 18.5 Å². The zero-order chi connectivity index (χ0) is 18.9. The van der Waals surface area contributed by atoms with Gasteiger partial charge >= 0.3 is 0 Å². The van der Waals surface area contributed by atoms with Crippen LogP contribution in [0.25, 0.3) is 5.69 Å². The first-order chi connectivity index (χ1) is 13.8. The number of benzene rings is 1. The van der Waals surface area contributed by atoms with E-state index in [1.807, 2.05) is 18.2 Å². The largest absolute Gasteiger partial charge is 0.473 e. The summed E-state index contributed by atoms with van der Waals surface area (Å²) >= 11 is 6.18. The van der Waals surface area contributed by atoms with Crippen LogP contribution in [0.3, 0.4) is 0 Å². The van der Waals surface area contributed by atoms with Crippen molar-refractivity contribution in [2.24, 2.45) is 0 Å². The van der Waals surface area contributed by atoms with Crippen LogP contribution in [0.1, 0.15) is 48.8 Å². The predicted octanol–water partition coefficient (Wildman–Crippen LogP) is 3.85. The number of hydrogen-bond donors (Lipinski definition) is 0. The number of aromatic nitrogens is 5. The molecule has 1 fully saturated rings. The summed E-state index contributed by atoms with van der Waals surface area (Å²) in [4.78, 5) is 8.27. The van der Waals surface area contributed by atoms with E-state index in [9.17, 15) is 0 Å². The van der Waals surface area contributed by atoms with Gasteiger partial charge in [-0.15, -0.1) is 10.2 Å². The maximum atomic E-state index is 6.18. The quantitative estimate of drug-likeness (QED) is 0.668. The number of hydrogen-bond acceptors (Lipinski definition) is 6. The van der Waals surface area contributed by atoms with Crippen LogP contribution in [-0.2, 0) is 18.0 Å². The molecule has 8 heteroatoms. The number of ether oxygens (including phenoxy) is 2. The normalized spacial score (nSPS) is 21.5. The molecule has 3 aromatic rings. The molecule has 1 aromatic carbocycles. The minimum Gasteiger partial charge on any atom is -0.473 e. The van der Waals surface area contributed by atoms with Crippen molar-refractivity contribution >= 4 is 11.6 Å². The summed E-state index contributed by atoms with van der Waals surface area (Å²) < 4.78 is 13.9. The summed E-state index contributed by atoms with van der Waals surface area (Å²) in [6, 6.07) is 5.90. The van der Waals surface area contributed by atoms with E-state index in [1.165, 1.54) is 0 Å². The van der Waals surface area contributed by atoms with E-state index in [0.717, 1.165) is 48.6 Å². The van der Waals surface area contributed by atoms with Crippen molar-refractivity contribution in [3.8, 4) is 11.6 Å². The second-order valence-corrected chi connectivity index (χ2v) is 7.65. The maximum Gasteiger partial charge on any atom is 0.232 e. The molecule has 1 aliphatic carbocycles. The fourth-order valence-corrected chi connectivity index (χ4v) is 4.24. The van der Waals surface area contributed by atoms with E-state index in [0.29, 0.717) is 30.0 Å². The SMILES string of the molecule is Clc1ccc2c(c1)COCc1nnc([C@H]3CC[C@H](Oc4cnccn4)CC3)n1-2. The second kappa shape index (κ2) is 7.48. The van der Waals surface area contributed by atoms with E-state index in [1.54, 1.807) is 18.6 Å². The lowest BCUT2D eigenvalue weighted by Crippen LogP contribution is -2.25. The van der Waals surface area contributed by atoms with Crippen LogP contribution in [0.2, 0.25) is 5.02 Å². The Hall–Kier alpha value is -2.51. The van der Waals surface area contributed by atoms with Crippen molar-refractivity contribution in [3.63, 3.8) is 0 Å². The van der Waals surface area contributed by atoms with Gasteiger partial charge in [-0.25, -0.2) is 4.98 Å². The highest BCUT2D eigenvalue weighted by Crippen LogP contribution is 2.36. The summed E-state index contributed by atoms with van der Waals surface area (Å²) in [6.45, 7) is 0.974. The first kappa shape index (κ1) is 17.6. The summed E-state index contributed by atoms with van der Waals surface area (Å²) in [5.74, 6) is 2.77. The van der Waals surface area contributed by atoms with Gasteiger partial charge in [-0.3, -0.25) is 9.55 Å². The Labute approximate surface area is 167 Å². The van der Waals surface area contributed by atoms with Gasteiger partial charge in [0, 0.05) is 28.9 Å². The Balaban J connectivity index is 1.37. The molecule has 0 N–H and O–H groups in total. The molecule has 2 aromatic heterocycles. The monoisotopic (exact) mass is 397 g/mol. The first-order valence-electron chi connectivity index (χ1n) is 9.51. The zero-order valence-corrected chi connectivity index (χ0v) is 16.0. The predicted molar refractivity (Wildman–Crippen MR) is 103 cm³/mol. The topological polar surface area (TPSA) is 75.0 Å². The second-order valence-electron chi connectivity index (χ2n) is 7.21. The highest BCUT2D eigenvalue weighted by molar-refractivity contribution is 6.30. The molecule has 0 bridgehead atoms. The molecule has 2 aliphatic rings. The fraction of sp³-hybridized carbons (Fsp3) is 0.400. The first-order valence-corrected chi connectivity index (χ1v) is 9.89. The molecule has 28 heavy (non-hydrogen) atoms. The van der Waals surface area contributed by atoms with Gasteiger partial charge in [0.05, 0.1) is 18.5 Å². The molecule has 3 heterocycles. The lowest BCUT2D eigenvalue weighted by atomic mass is 9.86. The molecule has 1 saturated carbocycles. The van der Waals surface area contributed by atoms with Crippen molar-refractivity contribution in [2.45, 2.75) is 50.9 Å². The molecule has 0 saturated heterocycles. The van der Waals surface area contributed by atoms with E-state index < -0.39 is 0 Å². The number of nitrogens with zero attached hydrogens (tertiary/aromatic N) is 5. The van der Waals surface area contributed by atoms with Crippen LogP contribution < -0.4 is 4.74 Å². The van der Waals surface area contributed by atoms with Crippen molar-refractivity contribution in [3.05, 3.63) is 59.0 Å². The van der Waals surface area contributed by atoms with Gasteiger partial charge < -0.3 is 9.47 Å². The maximum absolute atomic E-state index is 6.18. The average Bonchev–Trinajstić information content (AvgIpc) is 3.05. The van der Waals surface area contributed by atoms with Gasteiger partial charge in [0.2, 0.25) is 5.88 Å². The third-order valence-corrected chi connectivity index (χ3v) is 5.63. The molecule has 1 aliphatic heterocycles. The molecule has 144 valence electrons. The van der Waals surface area contributed by atoms with Crippen molar-refractivity contribution in [2.75, 3.05) is 0 Å². The minimum atomic E-state index is 0.161. The van der Waals surface area contributed by atoms with Gasteiger partial charge in [0.25, 0.3) is 0 Å². The molecule has 0 atom stereocenters. The average molecular weight is 398 g/mol. The Morgan fingerprint density at radius 2 is 1.96 bits per heavy atom. The Morgan fingerprint density at radius 1 is 1.07 bits per heavy atom. The molecule has 0 radical (unpaired) electrons. The van der Waals surface area contributed by atoms with Crippen molar-refractivity contribution < 1.29 is 9.47 Å². The Bertz CT molecular complexity index is 970. The molecule has 0 unspecified atom stereocenters. The minimum absolute atomic E-state index is 0.161. The van der Waals surface area contributed by atoms with Crippen molar-refractivity contribution in [1.29, 1.82) is 0 Å². The summed E-state index contributed by atoms with van der Waals surface area (Å²) in [5, 5.41) is 9.65. The molecule has 7 nitrogen and oxygen atoms in total. The number of fused-ring (bicyclic) bond motifs is 3. The van der Waals surface area contributed by atoms with Crippen LogP contribution in [0.15, 0.2) is 36.8 Å². The number of rotatable bonds is 3. The smallest absolute Gasteiger partial charge is 0.232 e. The third kappa shape index (κ3) is 3.36. The van der Waals surface area contributed by atoms with E-state index in [4.69, 9.17) is 21.1 Å². The van der Waals surface area contributed by atoms with Gasteiger partial charge in [-0.1, -0.05) is 11.6 Å². The standard InChI is InChI=1S/C20H20ClN5O2/c21-15-3-6-17-14(9-15)11-27-12-18-24-25-20(26(17)18)13-1-4-16(5-2-13)28-19-10-22-7-8-23-19/h3,6-10,13,16H,1-2,4-5,11-12H2/t13-,16-. The van der Waals surface area contributed by atoms with E-state index in [-0.39, 0.29) is 6.10 Å². The molecular formula is C20H20ClN5O2. The molecular weight excluding hydrogens is 378 g/mol. The molecule has 5 rings (SSSR count). The van der Waals surface area contributed by atoms with Crippen LogP contribution in [0.4, 0.5) is 0 Å². The van der Waals surface area contributed by atoms with Crippen LogP contribution in [-0.4, -0.2) is 30.8 Å². The molecule has 0 spiro atoms. The summed E-state index contributed by atoms with van der Waals surface area (Å²) in [6.07, 6.45) is 9.01. The lowest BCUT2D eigenvalue weighted by molar-refractivity contribution is 0.105.